The highest BCUT2D eigenvalue weighted by Gasteiger charge is 2.34. The summed E-state index contributed by atoms with van der Waals surface area (Å²) in [5, 5.41) is 8.76. The second kappa shape index (κ2) is 6.09. The molecule has 2 rings (SSSR count). The molecule has 0 radical (unpaired) electrons. The Morgan fingerprint density at radius 1 is 1.45 bits per heavy atom. The quantitative estimate of drug-likeness (QED) is 0.852. The summed E-state index contributed by atoms with van der Waals surface area (Å²) in [6.45, 7) is 0.544. The van der Waals surface area contributed by atoms with Crippen molar-refractivity contribution in [3.05, 3.63) is 34.3 Å². The van der Waals surface area contributed by atoms with Crippen molar-refractivity contribution < 1.29 is 19.4 Å². The molecule has 1 saturated heterocycles. The molecule has 0 unspecified atom stereocenters. The molecule has 106 valence electrons. The van der Waals surface area contributed by atoms with Crippen LogP contribution in [-0.4, -0.2) is 42.1 Å². The number of ether oxygens (including phenoxy) is 1. The zero-order valence-corrected chi connectivity index (χ0v) is 12.5. The minimum atomic E-state index is -0.855. The smallest absolute Gasteiger partial charge is 0.310 e. The summed E-state index contributed by atoms with van der Waals surface area (Å²) in [5.41, 5.74) is 0.783. The first-order valence-corrected chi connectivity index (χ1v) is 6.84. The Hall–Kier alpha value is -1.82. The van der Waals surface area contributed by atoms with Crippen molar-refractivity contribution in [3.63, 3.8) is 0 Å². The third-order valence-corrected chi connectivity index (χ3v) is 3.63. The molecule has 20 heavy (non-hydrogen) atoms. The van der Waals surface area contributed by atoms with E-state index in [4.69, 9.17) is 9.84 Å². The fourth-order valence-electron chi connectivity index (χ4n) is 1.92. The number of hydrogen-bond donors (Lipinski definition) is 1. The van der Waals surface area contributed by atoms with Crippen LogP contribution in [0.1, 0.15) is 5.56 Å². The van der Waals surface area contributed by atoms with Crippen LogP contribution in [0.15, 0.2) is 28.7 Å². The Bertz CT molecular complexity index is 564. The second-order valence-electron chi connectivity index (χ2n) is 4.50. The van der Waals surface area contributed by atoms with Gasteiger partial charge in [-0.25, -0.2) is 0 Å². The standard InChI is InChI=1S/C14H14BrNO4/c1-20-12-4-3-11(15)6-9(12)2-5-13(17)16-7-10(8-16)14(18)19/h2-6,10H,7-8H2,1H3,(H,18,19). The number of carbonyl (C=O) groups excluding carboxylic acids is 1. The van der Waals surface area contributed by atoms with Gasteiger partial charge >= 0.3 is 5.97 Å². The Balaban J connectivity index is 2.01. The monoisotopic (exact) mass is 339 g/mol. The predicted molar refractivity (Wildman–Crippen MR) is 77.4 cm³/mol. The summed E-state index contributed by atoms with van der Waals surface area (Å²) in [5.74, 6) is -0.812. The minimum absolute atomic E-state index is 0.190. The number of hydrogen-bond acceptors (Lipinski definition) is 3. The molecular formula is C14H14BrNO4. The Morgan fingerprint density at radius 3 is 2.75 bits per heavy atom. The number of carboxylic acids is 1. The van der Waals surface area contributed by atoms with Gasteiger partial charge in [-0.1, -0.05) is 15.9 Å². The number of carbonyl (C=O) groups is 2. The summed E-state index contributed by atoms with van der Waals surface area (Å²) < 4.78 is 6.10. The summed E-state index contributed by atoms with van der Waals surface area (Å²) >= 11 is 3.36. The van der Waals surface area contributed by atoms with E-state index in [0.29, 0.717) is 5.75 Å². The van der Waals surface area contributed by atoms with Gasteiger partial charge in [-0.15, -0.1) is 0 Å². The molecule has 0 atom stereocenters. The lowest BCUT2D eigenvalue weighted by Gasteiger charge is -2.35. The number of rotatable bonds is 4. The number of likely N-dealkylation sites (tertiary alicyclic amines) is 1. The molecular weight excluding hydrogens is 326 g/mol. The Morgan fingerprint density at radius 2 is 2.15 bits per heavy atom. The first kappa shape index (κ1) is 14.6. The molecule has 1 aliphatic rings. The Labute approximate surface area is 125 Å². The van der Waals surface area contributed by atoms with Gasteiger partial charge in [0.25, 0.3) is 0 Å². The maximum atomic E-state index is 11.8. The highest BCUT2D eigenvalue weighted by atomic mass is 79.9. The van der Waals surface area contributed by atoms with E-state index in [1.54, 1.807) is 19.3 Å². The average Bonchev–Trinajstić information content (AvgIpc) is 2.34. The van der Waals surface area contributed by atoms with Crippen molar-refractivity contribution in [1.29, 1.82) is 0 Å². The molecule has 1 N–H and O–H groups in total. The van der Waals surface area contributed by atoms with Gasteiger partial charge in [0.1, 0.15) is 5.75 Å². The van der Waals surface area contributed by atoms with Gasteiger partial charge in [0.05, 0.1) is 13.0 Å². The molecule has 1 aromatic rings. The molecule has 1 fully saturated rings. The summed E-state index contributed by atoms with van der Waals surface area (Å²) in [4.78, 5) is 24.0. The van der Waals surface area contributed by atoms with Crippen molar-refractivity contribution in [2.45, 2.75) is 0 Å². The fourth-order valence-corrected chi connectivity index (χ4v) is 2.30. The second-order valence-corrected chi connectivity index (χ2v) is 5.41. The lowest BCUT2D eigenvalue weighted by Crippen LogP contribution is -2.52. The van der Waals surface area contributed by atoms with E-state index in [0.717, 1.165) is 10.0 Å². The van der Waals surface area contributed by atoms with E-state index in [1.165, 1.54) is 11.0 Å². The van der Waals surface area contributed by atoms with E-state index in [-0.39, 0.29) is 19.0 Å². The van der Waals surface area contributed by atoms with Crippen molar-refractivity contribution >= 4 is 33.9 Å². The van der Waals surface area contributed by atoms with Gasteiger partial charge in [-0.3, -0.25) is 9.59 Å². The van der Waals surface area contributed by atoms with E-state index >= 15 is 0 Å². The molecule has 1 heterocycles. The van der Waals surface area contributed by atoms with Crippen LogP contribution >= 0.6 is 15.9 Å². The molecule has 1 amide bonds. The lowest BCUT2D eigenvalue weighted by atomic mass is 10.0. The maximum absolute atomic E-state index is 11.8. The van der Waals surface area contributed by atoms with Crippen LogP contribution in [0, 0.1) is 5.92 Å². The number of nitrogens with zero attached hydrogens (tertiary/aromatic N) is 1. The van der Waals surface area contributed by atoms with E-state index in [9.17, 15) is 9.59 Å². The summed E-state index contributed by atoms with van der Waals surface area (Å²) in [6, 6.07) is 5.50. The minimum Gasteiger partial charge on any atom is -0.496 e. The molecule has 0 aromatic heterocycles. The maximum Gasteiger partial charge on any atom is 0.310 e. The molecule has 0 aliphatic carbocycles. The summed E-state index contributed by atoms with van der Waals surface area (Å²) in [7, 11) is 1.56. The van der Waals surface area contributed by atoms with Crippen LogP contribution in [0.25, 0.3) is 6.08 Å². The number of amides is 1. The number of methoxy groups -OCH3 is 1. The number of halogens is 1. The molecule has 1 aliphatic heterocycles. The van der Waals surface area contributed by atoms with E-state index in [1.807, 2.05) is 12.1 Å². The van der Waals surface area contributed by atoms with Crippen molar-refractivity contribution in [1.82, 2.24) is 4.90 Å². The SMILES string of the molecule is COc1ccc(Br)cc1C=CC(=O)N1CC(C(=O)O)C1. The molecule has 0 bridgehead atoms. The first-order valence-electron chi connectivity index (χ1n) is 6.04. The van der Waals surface area contributed by atoms with Gasteiger partial charge in [-0.05, 0) is 24.3 Å². The molecule has 5 nitrogen and oxygen atoms in total. The largest absolute Gasteiger partial charge is 0.496 e. The lowest BCUT2D eigenvalue weighted by molar-refractivity contribution is -0.151. The van der Waals surface area contributed by atoms with Crippen molar-refractivity contribution in [2.75, 3.05) is 20.2 Å². The van der Waals surface area contributed by atoms with Crippen molar-refractivity contribution in [3.8, 4) is 5.75 Å². The molecule has 0 saturated carbocycles. The average molecular weight is 340 g/mol. The number of benzene rings is 1. The van der Waals surface area contributed by atoms with Crippen LogP contribution in [0.3, 0.4) is 0 Å². The molecule has 1 aromatic carbocycles. The van der Waals surface area contributed by atoms with E-state index in [2.05, 4.69) is 15.9 Å². The summed E-state index contributed by atoms with van der Waals surface area (Å²) in [6.07, 6.45) is 3.10. The zero-order valence-electron chi connectivity index (χ0n) is 10.9. The van der Waals surface area contributed by atoms with Crippen LogP contribution in [0.4, 0.5) is 0 Å². The van der Waals surface area contributed by atoms with Crippen molar-refractivity contribution in [2.24, 2.45) is 5.92 Å². The van der Waals surface area contributed by atoms with E-state index < -0.39 is 11.9 Å². The number of carboxylic acid groups (broad SMARTS) is 1. The van der Waals surface area contributed by atoms with Crippen LogP contribution in [-0.2, 0) is 9.59 Å². The van der Waals surface area contributed by atoms with Gasteiger partial charge < -0.3 is 14.7 Å². The van der Waals surface area contributed by atoms with Gasteiger partial charge in [0.2, 0.25) is 5.91 Å². The molecule has 0 spiro atoms. The fraction of sp³-hybridized carbons (Fsp3) is 0.286. The topological polar surface area (TPSA) is 66.8 Å². The van der Waals surface area contributed by atoms with Crippen LogP contribution in [0.5, 0.6) is 5.75 Å². The number of aliphatic carboxylic acids is 1. The van der Waals surface area contributed by atoms with Crippen LogP contribution in [0.2, 0.25) is 0 Å². The van der Waals surface area contributed by atoms with Gasteiger partial charge in [-0.2, -0.15) is 0 Å². The Kier molecular flexibility index (Phi) is 4.44. The first-order chi connectivity index (χ1) is 9.51. The predicted octanol–water partition coefficient (Wildman–Crippen LogP) is 2.01. The zero-order chi connectivity index (χ0) is 14.7. The highest BCUT2D eigenvalue weighted by molar-refractivity contribution is 9.10. The third kappa shape index (κ3) is 3.19. The normalized spacial score (nSPS) is 15.2. The molecule has 6 heteroatoms. The van der Waals surface area contributed by atoms with Gasteiger partial charge in [0, 0.05) is 29.2 Å². The van der Waals surface area contributed by atoms with Crippen LogP contribution < -0.4 is 4.74 Å². The highest BCUT2D eigenvalue weighted by Crippen LogP contribution is 2.24. The third-order valence-electron chi connectivity index (χ3n) is 3.14. The van der Waals surface area contributed by atoms with Gasteiger partial charge in [0.15, 0.2) is 0 Å².